The molecule has 4 rings (SSSR count). The number of para-hydroxylation sites is 1. The number of aryl methyl sites for hydroxylation is 1. The minimum Gasteiger partial charge on any atom is -0.348 e. The van der Waals surface area contributed by atoms with E-state index in [2.05, 4.69) is 5.32 Å². The Morgan fingerprint density at radius 1 is 0.909 bits per heavy atom. The summed E-state index contributed by atoms with van der Waals surface area (Å²) in [5.74, 6) is -0.418. The van der Waals surface area contributed by atoms with Gasteiger partial charge in [0.25, 0.3) is 15.9 Å². The van der Waals surface area contributed by atoms with E-state index in [-0.39, 0.29) is 21.9 Å². The van der Waals surface area contributed by atoms with Gasteiger partial charge in [-0.15, -0.1) is 0 Å². The second-order valence-corrected chi connectivity index (χ2v) is 11.8. The number of sulfonamides is 1. The Labute approximate surface area is 194 Å². The van der Waals surface area contributed by atoms with Gasteiger partial charge in [0.2, 0.25) is 0 Å². The summed E-state index contributed by atoms with van der Waals surface area (Å²) in [5.41, 5.74) is 2.62. The van der Waals surface area contributed by atoms with Crippen molar-refractivity contribution < 1.29 is 21.6 Å². The Balaban J connectivity index is 1.51. The third-order valence-corrected chi connectivity index (χ3v) is 8.49. The lowest BCUT2D eigenvalue weighted by Crippen LogP contribution is -2.35. The number of sulfone groups is 1. The van der Waals surface area contributed by atoms with Gasteiger partial charge in [0.1, 0.15) is 0 Å². The predicted octanol–water partition coefficient (Wildman–Crippen LogP) is 3.16. The van der Waals surface area contributed by atoms with Crippen LogP contribution in [0.3, 0.4) is 0 Å². The molecular formula is C24H24N2O5S2. The topological polar surface area (TPSA) is 101 Å². The van der Waals surface area contributed by atoms with Crippen LogP contribution in [0.5, 0.6) is 0 Å². The SMILES string of the molecule is CS(=O)(=O)c1ccc(CNC(=O)c2cccc(S(=O)(=O)N3CCCc4ccccc43)c2)cc1. The molecule has 172 valence electrons. The number of anilines is 1. The van der Waals surface area contributed by atoms with Crippen LogP contribution in [0.25, 0.3) is 0 Å². The number of nitrogens with one attached hydrogen (secondary N) is 1. The van der Waals surface area contributed by atoms with Crippen LogP contribution in [0, 0.1) is 0 Å². The molecule has 0 aliphatic carbocycles. The van der Waals surface area contributed by atoms with Crippen LogP contribution in [0.15, 0.2) is 82.6 Å². The Kier molecular flexibility index (Phi) is 6.27. The minimum absolute atomic E-state index is 0.0596. The summed E-state index contributed by atoms with van der Waals surface area (Å²) in [6, 6.07) is 19.7. The number of fused-ring (bicyclic) bond motifs is 1. The van der Waals surface area contributed by atoms with Crippen LogP contribution in [0.1, 0.15) is 27.9 Å². The van der Waals surface area contributed by atoms with Crippen LogP contribution in [-0.2, 0) is 32.8 Å². The second-order valence-electron chi connectivity index (χ2n) is 7.94. The maximum absolute atomic E-state index is 13.4. The van der Waals surface area contributed by atoms with Crippen LogP contribution in [0.4, 0.5) is 5.69 Å². The smallest absolute Gasteiger partial charge is 0.264 e. The third-order valence-electron chi connectivity index (χ3n) is 5.56. The highest BCUT2D eigenvalue weighted by molar-refractivity contribution is 7.92. The van der Waals surface area contributed by atoms with Crippen molar-refractivity contribution in [2.24, 2.45) is 0 Å². The van der Waals surface area contributed by atoms with E-state index in [1.165, 1.54) is 28.6 Å². The predicted molar refractivity (Wildman–Crippen MR) is 126 cm³/mol. The fraction of sp³-hybridized carbons (Fsp3) is 0.208. The highest BCUT2D eigenvalue weighted by Crippen LogP contribution is 2.31. The van der Waals surface area contributed by atoms with E-state index in [0.29, 0.717) is 12.2 Å². The molecule has 0 atom stereocenters. The maximum Gasteiger partial charge on any atom is 0.264 e. The molecule has 9 heteroatoms. The summed E-state index contributed by atoms with van der Waals surface area (Å²) in [6.45, 7) is 0.568. The highest BCUT2D eigenvalue weighted by atomic mass is 32.2. The third kappa shape index (κ3) is 4.94. The van der Waals surface area contributed by atoms with Gasteiger partial charge in [-0.3, -0.25) is 9.10 Å². The monoisotopic (exact) mass is 484 g/mol. The molecule has 0 radical (unpaired) electrons. The summed E-state index contributed by atoms with van der Waals surface area (Å²) < 4.78 is 51.3. The zero-order valence-corrected chi connectivity index (χ0v) is 19.7. The molecular weight excluding hydrogens is 460 g/mol. The molecule has 33 heavy (non-hydrogen) atoms. The second kappa shape index (κ2) is 8.99. The molecule has 0 unspecified atom stereocenters. The van der Waals surface area contributed by atoms with E-state index in [1.807, 2.05) is 18.2 Å². The first-order valence-corrected chi connectivity index (χ1v) is 13.8. The fourth-order valence-corrected chi connectivity index (χ4v) is 6.03. The Morgan fingerprint density at radius 2 is 1.64 bits per heavy atom. The van der Waals surface area contributed by atoms with Crippen molar-refractivity contribution in [2.45, 2.75) is 29.2 Å². The summed E-state index contributed by atoms with van der Waals surface area (Å²) in [4.78, 5) is 12.9. The number of hydrogen-bond donors (Lipinski definition) is 1. The molecule has 1 amide bonds. The molecule has 0 saturated carbocycles. The zero-order chi connectivity index (χ0) is 23.6. The number of hydrogen-bond acceptors (Lipinski definition) is 5. The van der Waals surface area contributed by atoms with E-state index >= 15 is 0 Å². The summed E-state index contributed by atoms with van der Waals surface area (Å²) in [7, 11) is -7.11. The lowest BCUT2D eigenvalue weighted by Gasteiger charge is -2.30. The molecule has 0 bridgehead atoms. The molecule has 3 aromatic carbocycles. The molecule has 1 aliphatic rings. The molecule has 0 spiro atoms. The first-order chi connectivity index (χ1) is 15.7. The Hall–Kier alpha value is -3.17. The number of carbonyl (C=O) groups is 1. The maximum atomic E-state index is 13.4. The molecule has 7 nitrogen and oxygen atoms in total. The van der Waals surface area contributed by atoms with Gasteiger partial charge in [0.05, 0.1) is 15.5 Å². The van der Waals surface area contributed by atoms with E-state index in [4.69, 9.17) is 0 Å². The number of carbonyl (C=O) groups excluding carboxylic acids is 1. The number of nitrogens with zero attached hydrogens (tertiary/aromatic N) is 1. The average molecular weight is 485 g/mol. The number of benzene rings is 3. The van der Waals surface area contributed by atoms with Crippen molar-refractivity contribution in [2.75, 3.05) is 17.1 Å². The largest absolute Gasteiger partial charge is 0.348 e. The van der Waals surface area contributed by atoms with Gasteiger partial charge in [-0.05, 0) is 60.4 Å². The van der Waals surface area contributed by atoms with Crippen molar-refractivity contribution in [1.82, 2.24) is 5.32 Å². The average Bonchev–Trinajstić information content (AvgIpc) is 2.82. The van der Waals surface area contributed by atoms with E-state index in [0.717, 1.165) is 30.2 Å². The van der Waals surface area contributed by atoms with Crippen molar-refractivity contribution in [3.63, 3.8) is 0 Å². The lowest BCUT2D eigenvalue weighted by molar-refractivity contribution is 0.0950. The van der Waals surface area contributed by atoms with Crippen molar-refractivity contribution in [1.29, 1.82) is 0 Å². The van der Waals surface area contributed by atoms with Crippen molar-refractivity contribution in [3.05, 3.63) is 89.5 Å². The van der Waals surface area contributed by atoms with Crippen LogP contribution >= 0.6 is 0 Å². The molecule has 3 aromatic rings. The van der Waals surface area contributed by atoms with Gasteiger partial charge in [-0.2, -0.15) is 0 Å². The first-order valence-electron chi connectivity index (χ1n) is 10.4. The molecule has 0 saturated heterocycles. The highest BCUT2D eigenvalue weighted by Gasteiger charge is 2.29. The van der Waals surface area contributed by atoms with Gasteiger partial charge in [-0.1, -0.05) is 36.4 Å². The zero-order valence-electron chi connectivity index (χ0n) is 18.1. The number of amides is 1. The van der Waals surface area contributed by atoms with Crippen molar-refractivity contribution in [3.8, 4) is 0 Å². The van der Waals surface area contributed by atoms with Crippen LogP contribution < -0.4 is 9.62 Å². The molecule has 1 aliphatic heterocycles. The summed E-state index contributed by atoms with van der Waals surface area (Å²) in [6.07, 6.45) is 2.69. The van der Waals surface area contributed by atoms with E-state index in [9.17, 15) is 21.6 Å². The normalized spacial score (nSPS) is 13.9. The Bertz CT molecular complexity index is 1400. The van der Waals surface area contributed by atoms with Crippen LogP contribution in [0.2, 0.25) is 0 Å². The van der Waals surface area contributed by atoms with Crippen LogP contribution in [-0.4, -0.2) is 35.5 Å². The lowest BCUT2D eigenvalue weighted by atomic mass is 10.0. The van der Waals surface area contributed by atoms with Crippen molar-refractivity contribution >= 4 is 31.5 Å². The summed E-state index contributed by atoms with van der Waals surface area (Å²) in [5, 5.41) is 2.75. The Morgan fingerprint density at radius 3 is 2.36 bits per heavy atom. The van der Waals surface area contributed by atoms with E-state index in [1.54, 1.807) is 30.3 Å². The molecule has 0 fully saturated rings. The number of rotatable bonds is 6. The van der Waals surface area contributed by atoms with E-state index < -0.39 is 25.8 Å². The van der Waals surface area contributed by atoms with Gasteiger partial charge in [-0.25, -0.2) is 16.8 Å². The molecule has 1 N–H and O–H groups in total. The minimum atomic E-state index is -3.82. The van der Waals surface area contributed by atoms with Gasteiger partial charge in [0.15, 0.2) is 9.84 Å². The van der Waals surface area contributed by atoms with Gasteiger partial charge < -0.3 is 5.32 Å². The fourth-order valence-electron chi connectivity index (χ4n) is 3.81. The summed E-state index contributed by atoms with van der Waals surface area (Å²) >= 11 is 0. The molecule has 1 heterocycles. The standard InChI is InChI=1S/C24H24N2O5S2/c1-32(28,29)21-13-11-18(12-14-21)17-25-24(27)20-7-4-9-22(16-20)33(30,31)26-15-5-8-19-6-2-3-10-23(19)26/h2-4,6-7,9-14,16H,5,8,15,17H2,1H3,(H,25,27). The van der Waals surface area contributed by atoms with Gasteiger partial charge >= 0.3 is 0 Å². The van der Waals surface area contributed by atoms with Gasteiger partial charge in [0, 0.05) is 24.9 Å². The first kappa shape index (κ1) is 23.0. The quantitative estimate of drug-likeness (QED) is 0.579. The molecule has 0 aromatic heterocycles.